The van der Waals surface area contributed by atoms with Crippen molar-refractivity contribution >= 4 is 51.1 Å². The first-order valence-electron chi connectivity index (χ1n) is 10.9. The van der Waals surface area contributed by atoms with E-state index in [2.05, 4.69) is 22.8 Å². The Labute approximate surface area is 195 Å². The van der Waals surface area contributed by atoms with Gasteiger partial charge in [-0.1, -0.05) is 49.4 Å². The number of hydrazone groups is 1. The van der Waals surface area contributed by atoms with Crippen LogP contribution in [0.25, 0.3) is 10.8 Å². The van der Waals surface area contributed by atoms with Gasteiger partial charge in [0, 0.05) is 10.4 Å². The number of carbonyl (C=O) groups is 3. The summed E-state index contributed by atoms with van der Waals surface area (Å²) >= 11 is 1.34. The third-order valence-corrected chi connectivity index (χ3v) is 6.79. The molecule has 0 bridgehead atoms. The molecule has 2 N–H and O–H groups in total. The highest BCUT2D eigenvalue weighted by molar-refractivity contribution is 7.17. The van der Waals surface area contributed by atoms with Gasteiger partial charge in [0.05, 0.1) is 18.4 Å². The molecular formula is C25H25N3O4S. The maximum Gasteiger partial charge on any atom is 0.341 e. The molecule has 0 spiro atoms. The van der Waals surface area contributed by atoms with E-state index in [0.29, 0.717) is 16.5 Å². The van der Waals surface area contributed by atoms with E-state index in [-0.39, 0.29) is 6.61 Å². The van der Waals surface area contributed by atoms with Gasteiger partial charge in [-0.05, 0) is 48.4 Å². The van der Waals surface area contributed by atoms with Crippen LogP contribution in [0.5, 0.6) is 0 Å². The van der Waals surface area contributed by atoms with E-state index in [1.54, 1.807) is 6.92 Å². The molecule has 2 aromatic carbocycles. The summed E-state index contributed by atoms with van der Waals surface area (Å²) in [6.45, 7) is 4.13. The molecule has 2 amide bonds. The summed E-state index contributed by atoms with van der Waals surface area (Å²) in [6, 6.07) is 13.6. The molecule has 33 heavy (non-hydrogen) atoms. The molecular weight excluding hydrogens is 438 g/mol. The smallest absolute Gasteiger partial charge is 0.341 e. The van der Waals surface area contributed by atoms with Crippen molar-refractivity contribution in [1.82, 2.24) is 5.43 Å². The molecule has 3 aromatic rings. The van der Waals surface area contributed by atoms with Gasteiger partial charge >= 0.3 is 17.8 Å². The molecule has 0 saturated heterocycles. The van der Waals surface area contributed by atoms with Gasteiger partial charge in [-0.25, -0.2) is 10.2 Å². The highest BCUT2D eigenvalue weighted by atomic mass is 32.1. The fourth-order valence-corrected chi connectivity index (χ4v) is 5.39. The fraction of sp³-hybridized carbons (Fsp3) is 0.280. The van der Waals surface area contributed by atoms with Crippen LogP contribution < -0.4 is 10.7 Å². The van der Waals surface area contributed by atoms with Crippen LogP contribution in [0.3, 0.4) is 0 Å². The summed E-state index contributed by atoms with van der Waals surface area (Å²) in [4.78, 5) is 38.5. The lowest BCUT2D eigenvalue weighted by atomic mass is 9.88. The Morgan fingerprint density at radius 3 is 2.76 bits per heavy atom. The van der Waals surface area contributed by atoms with Gasteiger partial charge in [0.25, 0.3) is 0 Å². The second-order valence-electron chi connectivity index (χ2n) is 8.00. The molecule has 170 valence electrons. The number of hydrogen-bond acceptors (Lipinski definition) is 6. The largest absolute Gasteiger partial charge is 0.462 e. The summed E-state index contributed by atoms with van der Waals surface area (Å²) in [5.74, 6) is -1.78. The maximum atomic E-state index is 12.6. The van der Waals surface area contributed by atoms with Crippen molar-refractivity contribution in [2.24, 2.45) is 11.0 Å². The van der Waals surface area contributed by atoms with Gasteiger partial charge in [0.1, 0.15) is 5.00 Å². The van der Waals surface area contributed by atoms with Crippen molar-refractivity contribution in [2.45, 2.75) is 33.1 Å². The molecule has 0 radical (unpaired) electrons. The third kappa shape index (κ3) is 4.96. The lowest BCUT2D eigenvalue weighted by molar-refractivity contribution is -0.136. The fourth-order valence-electron chi connectivity index (χ4n) is 3.99. The van der Waals surface area contributed by atoms with Crippen LogP contribution in [0.15, 0.2) is 47.6 Å². The van der Waals surface area contributed by atoms with Gasteiger partial charge in [-0.15, -0.1) is 11.3 Å². The van der Waals surface area contributed by atoms with E-state index in [1.165, 1.54) is 17.6 Å². The SMILES string of the molecule is CCOC(=O)c1c(NC(=O)C(=O)N/N=C\c2cccc3ccccc23)sc2c1CC[C@@H](C)C2. The number of amides is 2. The number of rotatable bonds is 5. The van der Waals surface area contributed by atoms with Crippen molar-refractivity contribution in [3.8, 4) is 0 Å². The maximum absolute atomic E-state index is 12.6. The Hall–Kier alpha value is -3.52. The highest BCUT2D eigenvalue weighted by Crippen LogP contribution is 2.40. The first-order chi connectivity index (χ1) is 16.0. The number of ether oxygens (including phenoxy) is 1. The Bertz CT molecular complexity index is 1240. The standard InChI is InChI=1S/C25H25N3O4S/c1-3-32-25(31)21-19-12-11-15(2)13-20(19)33-24(21)27-22(29)23(30)28-26-14-17-9-6-8-16-7-4-5-10-18(16)17/h4-10,14-15H,3,11-13H2,1-2H3,(H,27,29)(H,28,30)/b26-14-/t15-/m1/s1. The summed E-state index contributed by atoms with van der Waals surface area (Å²) in [5.41, 5.74) is 4.37. The van der Waals surface area contributed by atoms with E-state index < -0.39 is 17.8 Å². The number of carbonyl (C=O) groups excluding carboxylic acids is 3. The minimum absolute atomic E-state index is 0.233. The zero-order valence-electron chi connectivity index (χ0n) is 18.5. The van der Waals surface area contributed by atoms with Crippen LogP contribution in [0.2, 0.25) is 0 Å². The number of fused-ring (bicyclic) bond motifs is 2. The molecule has 0 aliphatic heterocycles. The zero-order chi connectivity index (χ0) is 23.4. The van der Waals surface area contributed by atoms with Crippen LogP contribution in [-0.2, 0) is 27.2 Å². The summed E-state index contributed by atoms with van der Waals surface area (Å²) in [5, 5.41) is 8.92. The Morgan fingerprint density at radius 2 is 1.94 bits per heavy atom. The first-order valence-corrected chi connectivity index (χ1v) is 11.7. The summed E-state index contributed by atoms with van der Waals surface area (Å²) < 4.78 is 5.20. The topological polar surface area (TPSA) is 96.9 Å². The molecule has 4 rings (SSSR count). The van der Waals surface area contributed by atoms with Crippen molar-refractivity contribution in [1.29, 1.82) is 0 Å². The Kier molecular flexibility index (Phi) is 6.84. The molecule has 1 atom stereocenters. The summed E-state index contributed by atoms with van der Waals surface area (Å²) in [7, 11) is 0. The summed E-state index contributed by atoms with van der Waals surface area (Å²) in [6.07, 6.45) is 4.05. The molecule has 7 nitrogen and oxygen atoms in total. The molecule has 1 aliphatic carbocycles. The predicted octanol–water partition coefficient (Wildman–Crippen LogP) is 4.29. The number of benzene rings is 2. The van der Waals surface area contributed by atoms with Crippen molar-refractivity contribution in [2.75, 3.05) is 11.9 Å². The molecule has 1 heterocycles. The normalized spacial score (nSPS) is 15.3. The molecule has 0 saturated carbocycles. The van der Waals surface area contributed by atoms with Crippen molar-refractivity contribution in [3.05, 3.63) is 64.0 Å². The van der Waals surface area contributed by atoms with Crippen molar-refractivity contribution in [3.63, 3.8) is 0 Å². The van der Waals surface area contributed by atoms with Crippen LogP contribution in [-0.4, -0.2) is 30.6 Å². The number of thiophene rings is 1. The van der Waals surface area contributed by atoms with Crippen LogP contribution in [0, 0.1) is 5.92 Å². The van der Waals surface area contributed by atoms with Crippen LogP contribution in [0.4, 0.5) is 5.00 Å². The molecule has 8 heteroatoms. The molecule has 1 aromatic heterocycles. The molecule has 1 aliphatic rings. The second-order valence-corrected chi connectivity index (χ2v) is 9.10. The zero-order valence-corrected chi connectivity index (χ0v) is 19.3. The van der Waals surface area contributed by atoms with Gasteiger partial charge in [-0.2, -0.15) is 5.10 Å². The van der Waals surface area contributed by atoms with E-state index in [0.717, 1.165) is 46.0 Å². The van der Waals surface area contributed by atoms with Crippen LogP contribution in [0.1, 0.15) is 46.6 Å². The quantitative estimate of drug-likeness (QED) is 0.255. The van der Waals surface area contributed by atoms with Gasteiger partial charge in [0.15, 0.2) is 0 Å². The Balaban J connectivity index is 1.48. The van der Waals surface area contributed by atoms with Gasteiger partial charge in [-0.3, -0.25) is 9.59 Å². The highest BCUT2D eigenvalue weighted by Gasteiger charge is 2.30. The average molecular weight is 464 g/mol. The average Bonchev–Trinajstić information content (AvgIpc) is 3.16. The van der Waals surface area contributed by atoms with Crippen molar-refractivity contribution < 1.29 is 19.1 Å². The third-order valence-electron chi connectivity index (χ3n) is 5.62. The number of nitrogens with one attached hydrogen (secondary N) is 2. The molecule has 0 unspecified atom stereocenters. The van der Waals surface area contributed by atoms with Gasteiger partial charge in [0.2, 0.25) is 0 Å². The van der Waals surface area contributed by atoms with E-state index >= 15 is 0 Å². The molecule has 0 fully saturated rings. The number of esters is 1. The van der Waals surface area contributed by atoms with E-state index in [9.17, 15) is 14.4 Å². The van der Waals surface area contributed by atoms with E-state index in [1.807, 2.05) is 42.5 Å². The van der Waals surface area contributed by atoms with E-state index in [4.69, 9.17) is 4.74 Å². The Morgan fingerprint density at radius 1 is 1.15 bits per heavy atom. The number of hydrogen-bond donors (Lipinski definition) is 2. The second kappa shape index (κ2) is 9.95. The number of anilines is 1. The minimum atomic E-state index is -0.916. The monoisotopic (exact) mass is 463 g/mol. The van der Waals surface area contributed by atoms with Crippen LogP contribution >= 0.6 is 11.3 Å². The minimum Gasteiger partial charge on any atom is -0.462 e. The predicted molar refractivity (Wildman–Crippen MR) is 130 cm³/mol. The lowest BCUT2D eigenvalue weighted by Crippen LogP contribution is -2.32. The lowest BCUT2D eigenvalue weighted by Gasteiger charge is -2.18. The number of nitrogens with zero attached hydrogens (tertiary/aromatic N) is 1. The van der Waals surface area contributed by atoms with Gasteiger partial charge < -0.3 is 10.1 Å². The first kappa shape index (κ1) is 22.7.